The van der Waals surface area contributed by atoms with Crippen LogP contribution in [0, 0.1) is 0 Å². The third-order valence-electron chi connectivity index (χ3n) is 6.65. The summed E-state index contributed by atoms with van der Waals surface area (Å²) in [6, 6.07) is 8.23. The first-order valence-electron chi connectivity index (χ1n) is 12.8. The molecule has 5 N–H and O–H groups in total. The van der Waals surface area contributed by atoms with Crippen LogP contribution in [0.2, 0.25) is 0 Å². The molecule has 1 fully saturated rings. The molecular formula is C26H33F3N4O5S2. The maximum absolute atomic E-state index is 12.3. The second-order valence-corrected chi connectivity index (χ2v) is 12.8. The molecule has 4 rings (SSSR count). The lowest BCUT2D eigenvalue weighted by Gasteiger charge is -2.31. The highest BCUT2D eigenvalue weighted by Gasteiger charge is 2.38. The fourth-order valence-electron chi connectivity index (χ4n) is 4.57. The van der Waals surface area contributed by atoms with Crippen LogP contribution in [0.3, 0.4) is 0 Å². The number of halogens is 3. The van der Waals surface area contributed by atoms with E-state index in [1.54, 1.807) is 22.6 Å². The van der Waals surface area contributed by atoms with Crippen LogP contribution < -0.4 is 11.1 Å². The lowest BCUT2D eigenvalue weighted by Crippen LogP contribution is -2.38. The zero-order valence-corrected chi connectivity index (χ0v) is 23.8. The van der Waals surface area contributed by atoms with Gasteiger partial charge in [-0.1, -0.05) is 6.92 Å². The predicted octanol–water partition coefficient (Wildman–Crippen LogP) is 4.66. The number of thiophene rings is 1. The Morgan fingerprint density at radius 2 is 1.85 bits per heavy atom. The molecule has 0 saturated carbocycles. The lowest BCUT2D eigenvalue weighted by atomic mass is 9.89. The van der Waals surface area contributed by atoms with Crippen LogP contribution in [0.5, 0.6) is 0 Å². The summed E-state index contributed by atoms with van der Waals surface area (Å²) < 4.78 is 57.8. The fourth-order valence-corrected chi connectivity index (χ4v) is 6.67. The number of hydrogen-bond donors (Lipinski definition) is 4. The molecule has 0 aliphatic carbocycles. The van der Waals surface area contributed by atoms with Gasteiger partial charge in [-0.2, -0.15) is 13.2 Å². The number of aliphatic carboxylic acids is 1. The molecular weight excluding hydrogens is 569 g/mol. The number of carbonyl (C=O) groups is 2. The molecule has 14 heteroatoms. The average molecular weight is 603 g/mol. The van der Waals surface area contributed by atoms with Gasteiger partial charge in [0.15, 0.2) is 0 Å². The topological polar surface area (TPSA) is 146 Å². The van der Waals surface area contributed by atoms with Gasteiger partial charge < -0.3 is 21.1 Å². The summed E-state index contributed by atoms with van der Waals surface area (Å²) in [7, 11) is -3.16. The summed E-state index contributed by atoms with van der Waals surface area (Å²) in [6.45, 7) is 6.69. The van der Waals surface area contributed by atoms with Gasteiger partial charge in [0.2, 0.25) is 10.0 Å². The molecule has 0 radical (unpaired) electrons. The molecule has 1 aromatic carbocycles. The molecule has 220 valence electrons. The number of aromatic amines is 1. The zero-order valence-electron chi connectivity index (χ0n) is 22.2. The number of nitrogens with one attached hydrogen (secondary N) is 2. The van der Waals surface area contributed by atoms with Crippen molar-refractivity contribution < 1.29 is 36.3 Å². The van der Waals surface area contributed by atoms with Gasteiger partial charge in [-0.25, -0.2) is 17.5 Å². The normalized spacial score (nSPS) is 15.1. The van der Waals surface area contributed by atoms with E-state index < -0.39 is 28.1 Å². The Bertz CT molecular complexity index is 1440. The minimum absolute atomic E-state index is 0.132. The van der Waals surface area contributed by atoms with Gasteiger partial charge in [0.25, 0.3) is 5.91 Å². The number of carbonyl (C=O) groups excluding carboxylic acids is 1. The minimum Gasteiger partial charge on any atom is -0.475 e. The van der Waals surface area contributed by atoms with Crippen molar-refractivity contribution in [1.82, 2.24) is 14.6 Å². The maximum atomic E-state index is 12.3. The number of carboxylic acid groups (broad SMARTS) is 1. The Balaban J connectivity index is 0.000000559. The second kappa shape index (κ2) is 13.1. The predicted molar refractivity (Wildman–Crippen MR) is 149 cm³/mol. The molecule has 0 unspecified atom stereocenters. The van der Waals surface area contributed by atoms with Crippen LogP contribution >= 0.6 is 11.3 Å². The van der Waals surface area contributed by atoms with Crippen LogP contribution in [0.25, 0.3) is 21.3 Å². The second-order valence-electron chi connectivity index (χ2n) is 9.37. The van der Waals surface area contributed by atoms with Gasteiger partial charge in [0.1, 0.15) is 0 Å². The smallest absolute Gasteiger partial charge is 0.475 e. The highest BCUT2D eigenvalue weighted by atomic mass is 32.2. The number of H-pyrrole nitrogens is 1. The minimum atomic E-state index is -5.08. The summed E-state index contributed by atoms with van der Waals surface area (Å²) in [5, 5.41) is 11.5. The molecule has 1 amide bonds. The van der Waals surface area contributed by atoms with E-state index in [1.807, 2.05) is 12.3 Å². The molecule has 0 spiro atoms. The summed E-state index contributed by atoms with van der Waals surface area (Å²) in [5.74, 6) is -2.85. The number of aromatic nitrogens is 1. The molecule has 0 bridgehead atoms. The van der Waals surface area contributed by atoms with Crippen molar-refractivity contribution in [3.05, 3.63) is 46.5 Å². The lowest BCUT2D eigenvalue weighted by molar-refractivity contribution is -0.192. The Morgan fingerprint density at radius 1 is 1.20 bits per heavy atom. The number of fused-ring (bicyclic) bond motifs is 1. The fraction of sp³-hybridized carbons (Fsp3) is 0.462. The zero-order chi connectivity index (χ0) is 29.7. The summed E-state index contributed by atoms with van der Waals surface area (Å²) >= 11 is 1.72. The number of piperidine rings is 1. The average Bonchev–Trinajstić information content (AvgIpc) is 3.55. The van der Waals surface area contributed by atoms with E-state index in [0.717, 1.165) is 59.3 Å². The van der Waals surface area contributed by atoms with Crippen molar-refractivity contribution in [3.63, 3.8) is 0 Å². The van der Waals surface area contributed by atoms with Gasteiger partial charge in [0, 0.05) is 41.0 Å². The van der Waals surface area contributed by atoms with Gasteiger partial charge in [-0.15, -0.1) is 11.3 Å². The number of nitrogens with zero attached hydrogens (tertiary/aromatic N) is 1. The number of amides is 1. The third-order valence-corrected chi connectivity index (χ3v) is 9.67. The Labute approximate surface area is 234 Å². The number of alkyl halides is 3. The summed E-state index contributed by atoms with van der Waals surface area (Å²) in [5.41, 5.74) is 9.09. The van der Waals surface area contributed by atoms with Crippen LogP contribution in [0.15, 0.2) is 30.5 Å². The highest BCUT2D eigenvalue weighted by molar-refractivity contribution is 7.89. The maximum Gasteiger partial charge on any atom is 0.490 e. The van der Waals surface area contributed by atoms with Crippen molar-refractivity contribution in [2.75, 3.05) is 25.4 Å². The summed E-state index contributed by atoms with van der Waals surface area (Å²) in [4.78, 5) is 26.8. The van der Waals surface area contributed by atoms with Gasteiger partial charge in [-0.05, 0) is 74.0 Å². The molecule has 0 atom stereocenters. The summed E-state index contributed by atoms with van der Waals surface area (Å²) in [6.07, 6.45) is -0.510. The number of carboxylic acids is 1. The van der Waals surface area contributed by atoms with Crippen LogP contribution in [-0.2, 0) is 21.4 Å². The van der Waals surface area contributed by atoms with Crippen molar-refractivity contribution in [3.8, 4) is 10.4 Å². The van der Waals surface area contributed by atoms with E-state index in [1.165, 1.54) is 4.88 Å². The van der Waals surface area contributed by atoms with Gasteiger partial charge in [-0.3, -0.25) is 4.79 Å². The standard InChI is InChI=1S/C24H32N4O3S2.C2HF3O2/c1-3-9-26-14-18-5-6-22(32-18)17-12-19-21(15-27-23(19)20(13-17)24(25)29)16-7-10-28(11-8-16)33(30,31)4-2;3-2(4,5)1(6)7/h5-6,12-13,15-16,26-27H,3-4,7-11,14H2,1-2H3,(H2,25,29);(H,6,7). The third kappa shape index (κ3) is 7.62. The molecule has 1 aliphatic heterocycles. The Morgan fingerprint density at radius 3 is 2.40 bits per heavy atom. The first-order valence-corrected chi connectivity index (χ1v) is 15.2. The molecule has 2 aromatic heterocycles. The van der Waals surface area contributed by atoms with Gasteiger partial charge >= 0.3 is 12.1 Å². The molecule has 1 aliphatic rings. The van der Waals surface area contributed by atoms with Crippen LogP contribution in [-0.4, -0.2) is 66.3 Å². The van der Waals surface area contributed by atoms with E-state index >= 15 is 0 Å². The number of rotatable bonds is 9. The number of hydrogen-bond acceptors (Lipinski definition) is 6. The number of benzene rings is 1. The molecule has 3 heterocycles. The molecule has 40 heavy (non-hydrogen) atoms. The van der Waals surface area contributed by atoms with E-state index in [0.29, 0.717) is 18.7 Å². The van der Waals surface area contributed by atoms with Crippen LogP contribution in [0.4, 0.5) is 13.2 Å². The van der Waals surface area contributed by atoms with Crippen molar-refractivity contribution in [2.45, 2.75) is 51.7 Å². The number of sulfonamides is 1. The highest BCUT2D eigenvalue weighted by Crippen LogP contribution is 2.38. The van der Waals surface area contributed by atoms with Gasteiger partial charge in [0.05, 0.1) is 16.8 Å². The van der Waals surface area contributed by atoms with E-state index in [-0.39, 0.29) is 11.7 Å². The van der Waals surface area contributed by atoms with Crippen LogP contribution in [0.1, 0.15) is 59.8 Å². The van der Waals surface area contributed by atoms with Crippen molar-refractivity contribution >= 4 is 44.1 Å². The number of primary amides is 1. The van der Waals surface area contributed by atoms with E-state index in [4.69, 9.17) is 15.6 Å². The van der Waals surface area contributed by atoms with Crippen molar-refractivity contribution in [2.24, 2.45) is 5.73 Å². The monoisotopic (exact) mass is 602 g/mol. The Kier molecular flexibility index (Phi) is 10.4. The molecule has 1 saturated heterocycles. The molecule has 9 nitrogen and oxygen atoms in total. The number of nitrogens with two attached hydrogens (primary N) is 1. The van der Waals surface area contributed by atoms with Crippen molar-refractivity contribution in [1.29, 1.82) is 0 Å². The quantitative estimate of drug-likeness (QED) is 0.262. The first kappa shape index (κ1) is 31.6. The Hall–Kier alpha value is -2.94. The van der Waals surface area contributed by atoms with E-state index in [2.05, 4.69) is 35.4 Å². The largest absolute Gasteiger partial charge is 0.490 e. The molecule has 3 aromatic rings. The first-order chi connectivity index (χ1) is 18.8. The van der Waals surface area contributed by atoms with E-state index in [9.17, 15) is 26.4 Å². The SMILES string of the molecule is CCCNCc1ccc(-c2cc(C(N)=O)c3[nH]cc(C4CCN(S(=O)(=O)CC)CC4)c3c2)s1.O=C(O)C(F)(F)F.